The van der Waals surface area contributed by atoms with Crippen LogP contribution in [0.3, 0.4) is 0 Å². The smallest absolute Gasteiger partial charge is 0.123 e. The Kier molecular flexibility index (Phi) is 4.56. The molecule has 112 valence electrons. The second-order valence-electron chi connectivity index (χ2n) is 5.94. The summed E-state index contributed by atoms with van der Waals surface area (Å²) >= 11 is 1.68. The molecule has 3 nitrogen and oxygen atoms in total. The first-order chi connectivity index (χ1) is 10.2. The number of hydrogen-bond donors (Lipinski definition) is 1. The highest BCUT2D eigenvalue weighted by molar-refractivity contribution is 7.13. The van der Waals surface area contributed by atoms with Crippen LogP contribution in [0, 0.1) is 5.92 Å². The first kappa shape index (κ1) is 14.5. The van der Waals surface area contributed by atoms with Crippen molar-refractivity contribution in [3.05, 3.63) is 35.8 Å². The predicted molar refractivity (Wildman–Crippen MR) is 88.8 cm³/mol. The van der Waals surface area contributed by atoms with E-state index in [-0.39, 0.29) is 0 Å². The zero-order chi connectivity index (χ0) is 14.7. The second-order valence-corrected chi connectivity index (χ2v) is 6.83. The zero-order valence-electron chi connectivity index (χ0n) is 12.6. The average molecular weight is 302 g/mol. The van der Waals surface area contributed by atoms with Gasteiger partial charge in [-0.3, -0.25) is 0 Å². The lowest BCUT2D eigenvalue weighted by atomic mass is 9.95. The standard InChI is InChI=1S/C17H22N2OS/c1-12(2)16-11-15(6-8-20-16)19-14-5-3-4-13(10-14)17-18-7-9-21-17/h3-5,7,9-10,12,15-16,19H,6,8,11H2,1-2H3. The first-order valence-electron chi connectivity index (χ1n) is 7.60. The third-order valence-electron chi connectivity index (χ3n) is 3.97. The van der Waals surface area contributed by atoms with E-state index in [1.165, 1.54) is 11.3 Å². The summed E-state index contributed by atoms with van der Waals surface area (Å²) in [6.45, 7) is 5.32. The lowest BCUT2D eigenvalue weighted by Gasteiger charge is -2.33. The highest BCUT2D eigenvalue weighted by Gasteiger charge is 2.24. The maximum atomic E-state index is 5.84. The maximum absolute atomic E-state index is 5.84. The minimum atomic E-state index is 0.374. The molecule has 1 saturated heterocycles. The van der Waals surface area contributed by atoms with Gasteiger partial charge in [-0.05, 0) is 30.9 Å². The molecule has 0 radical (unpaired) electrons. The van der Waals surface area contributed by atoms with E-state index in [9.17, 15) is 0 Å². The Labute approximate surface area is 130 Å². The van der Waals surface area contributed by atoms with Crippen LogP contribution in [0.15, 0.2) is 35.8 Å². The van der Waals surface area contributed by atoms with Gasteiger partial charge in [0.15, 0.2) is 0 Å². The van der Waals surface area contributed by atoms with Crippen LogP contribution in [0.2, 0.25) is 0 Å². The van der Waals surface area contributed by atoms with Gasteiger partial charge in [0, 0.05) is 35.5 Å². The topological polar surface area (TPSA) is 34.2 Å². The van der Waals surface area contributed by atoms with Crippen LogP contribution in [0.5, 0.6) is 0 Å². The SMILES string of the molecule is CC(C)C1CC(Nc2cccc(-c3nccs3)c2)CCO1. The van der Waals surface area contributed by atoms with Crippen molar-refractivity contribution in [1.82, 2.24) is 4.98 Å². The van der Waals surface area contributed by atoms with E-state index in [1.807, 2.05) is 11.6 Å². The summed E-state index contributed by atoms with van der Waals surface area (Å²) in [4.78, 5) is 4.38. The zero-order valence-corrected chi connectivity index (χ0v) is 13.4. The number of rotatable bonds is 4. The third kappa shape index (κ3) is 3.63. The van der Waals surface area contributed by atoms with Crippen LogP contribution in [0.25, 0.3) is 10.6 Å². The Morgan fingerprint density at radius 3 is 3.05 bits per heavy atom. The molecule has 2 atom stereocenters. The fraction of sp³-hybridized carbons (Fsp3) is 0.471. The van der Waals surface area contributed by atoms with E-state index >= 15 is 0 Å². The van der Waals surface area contributed by atoms with Crippen molar-refractivity contribution >= 4 is 17.0 Å². The van der Waals surface area contributed by atoms with Crippen LogP contribution < -0.4 is 5.32 Å². The van der Waals surface area contributed by atoms with Gasteiger partial charge >= 0.3 is 0 Å². The highest BCUT2D eigenvalue weighted by atomic mass is 32.1. The summed E-state index contributed by atoms with van der Waals surface area (Å²) in [5, 5.41) is 6.75. The molecule has 2 heterocycles. The Balaban J connectivity index is 1.69. The molecule has 21 heavy (non-hydrogen) atoms. The van der Waals surface area contributed by atoms with Crippen molar-refractivity contribution in [3.8, 4) is 10.6 Å². The molecule has 3 rings (SSSR count). The number of ether oxygens (including phenoxy) is 1. The minimum absolute atomic E-state index is 0.374. The van der Waals surface area contributed by atoms with Crippen LogP contribution >= 0.6 is 11.3 Å². The Hall–Kier alpha value is -1.39. The van der Waals surface area contributed by atoms with E-state index in [1.54, 1.807) is 11.3 Å². The lowest BCUT2D eigenvalue weighted by Crippen LogP contribution is -2.36. The fourth-order valence-electron chi connectivity index (χ4n) is 2.77. The highest BCUT2D eigenvalue weighted by Crippen LogP contribution is 2.27. The molecule has 0 amide bonds. The van der Waals surface area contributed by atoms with Crippen molar-refractivity contribution < 1.29 is 4.74 Å². The fourth-order valence-corrected chi connectivity index (χ4v) is 3.40. The molecule has 1 N–H and O–H groups in total. The molecule has 0 spiro atoms. The summed E-state index contributed by atoms with van der Waals surface area (Å²) in [6, 6.07) is 9.04. The quantitative estimate of drug-likeness (QED) is 0.907. The monoisotopic (exact) mass is 302 g/mol. The molecule has 1 aromatic carbocycles. The second kappa shape index (κ2) is 6.58. The summed E-state index contributed by atoms with van der Waals surface area (Å²) in [5.41, 5.74) is 2.36. The van der Waals surface area contributed by atoms with Crippen molar-refractivity contribution in [2.75, 3.05) is 11.9 Å². The number of anilines is 1. The Morgan fingerprint density at radius 1 is 1.38 bits per heavy atom. The van der Waals surface area contributed by atoms with Gasteiger partial charge in [0.1, 0.15) is 5.01 Å². The van der Waals surface area contributed by atoms with Crippen LogP contribution in [-0.2, 0) is 4.74 Å². The molecule has 0 saturated carbocycles. The van der Waals surface area contributed by atoms with Crippen molar-refractivity contribution in [2.45, 2.75) is 38.8 Å². The van der Waals surface area contributed by atoms with Gasteiger partial charge in [0.05, 0.1) is 6.10 Å². The van der Waals surface area contributed by atoms with Crippen molar-refractivity contribution in [2.24, 2.45) is 5.92 Å². The van der Waals surface area contributed by atoms with Gasteiger partial charge in [-0.2, -0.15) is 0 Å². The minimum Gasteiger partial charge on any atom is -0.382 e. The van der Waals surface area contributed by atoms with Gasteiger partial charge in [0.25, 0.3) is 0 Å². The molecule has 4 heteroatoms. The lowest BCUT2D eigenvalue weighted by molar-refractivity contribution is -0.0160. The first-order valence-corrected chi connectivity index (χ1v) is 8.48. The van der Waals surface area contributed by atoms with Gasteiger partial charge in [-0.15, -0.1) is 11.3 Å². The predicted octanol–water partition coefficient (Wildman–Crippen LogP) is 4.43. The number of aromatic nitrogens is 1. The Bertz CT molecular complexity index is 568. The third-order valence-corrected chi connectivity index (χ3v) is 4.79. The van der Waals surface area contributed by atoms with Crippen molar-refractivity contribution in [3.63, 3.8) is 0 Å². The van der Waals surface area contributed by atoms with Gasteiger partial charge in [-0.25, -0.2) is 4.98 Å². The molecule has 1 aromatic heterocycles. The molecule has 0 aliphatic carbocycles. The summed E-state index contributed by atoms with van der Waals surface area (Å²) < 4.78 is 5.84. The molecule has 1 aliphatic rings. The normalized spacial score (nSPS) is 22.4. The Morgan fingerprint density at radius 2 is 2.29 bits per heavy atom. The molecule has 0 bridgehead atoms. The van der Waals surface area contributed by atoms with Crippen LogP contribution in [0.1, 0.15) is 26.7 Å². The summed E-state index contributed by atoms with van der Waals surface area (Å²) in [7, 11) is 0. The van der Waals surface area contributed by atoms with E-state index in [0.29, 0.717) is 18.1 Å². The summed E-state index contributed by atoms with van der Waals surface area (Å²) in [5.74, 6) is 0.580. The molecular weight excluding hydrogens is 280 g/mol. The largest absolute Gasteiger partial charge is 0.382 e. The molecule has 1 fully saturated rings. The summed E-state index contributed by atoms with van der Waals surface area (Å²) in [6.07, 6.45) is 4.38. The molecule has 1 aliphatic heterocycles. The average Bonchev–Trinajstić information content (AvgIpc) is 3.02. The molecule has 2 unspecified atom stereocenters. The number of nitrogens with one attached hydrogen (secondary N) is 1. The van der Waals surface area contributed by atoms with Gasteiger partial charge in [-0.1, -0.05) is 26.0 Å². The van der Waals surface area contributed by atoms with Crippen LogP contribution in [0.4, 0.5) is 5.69 Å². The van der Waals surface area contributed by atoms with Gasteiger partial charge < -0.3 is 10.1 Å². The van der Waals surface area contributed by atoms with E-state index in [4.69, 9.17) is 4.74 Å². The van der Waals surface area contributed by atoms with E-state index in [2.05, 4.69) is 48.4 Å². The molecular formula is C17H22N2OS. The number of benzene rings is 1. The maximum Gasteiger partial charge on any atom is 0.123 e. The van der Waals surface area contributed by atoms with Crippen LogP contribution in [-0.4, -0.2) is 23.7 Å². The van der Waals surface area contributed by atoms with E-state index < -0.39 is 0 Å². The van der Waals surface area contributed by atoms with E-state index in [0.717, 1.165) is 24.5 Å². The van der Waals surface area contributed by atoms with Crippen molar-refractivity contribution in [1.29, 1.82) is 0 Å². The number of nitrogens with zero attached hydrogens (tertiary/aromatic N) is 1. The number of hydrogen-bond acceptors (Lipinski definition) is 4. The molecule has 2 aromatic rings. The number of thiazole rings is 1. The van der Waals surface area contributed by atoms with Gasteiger partial charge in [0.2, 0.25) is 0 Å².